The van der Waals surface area contributed by atoms with Crippen molar-refractivity contribution in [1.82, 2.24) is 18.8 Å². The van der Waals surface area contributed by atoms with Gasteiger partial charge in [0.05, 0.1) is 4.90 Å². The van der Waals surface area contributed by atoms with Gasteiger partial charge in [0.2, 0.25) is 11.0 Å². The third-order valence-electron chi connectivity index (χ3n) is 6.08. The third-order valence-corrected chi connectivity index (χ3v) is 8.38. The molecule has 1 atom stereocenters. The Hall–Kier alpha value is -3.15. The number of sulfonamides is 1. The summed E-state index contributed by atoms with van der Waals surface area (Å²) in [6, 6.07) is 14.4. The maximum absolute atomic E-state index is 13.1. The SMILES string of the molecule is C[C@@H]1CN(c2ccc(S(=O)(=O)Nc3ncns3)cc2)CCN1C(=O)Cn1ccc2ccc(Cl)cc21.[HH]. The van der Waals surface area contributed by atoms with E-state index in [1.54, 1.807) is 24.3 Å². The highest BCUT2D eigenvalue weighted by Gasteiger charge is 2.28. The van der Waals surface area contributed by atoms with E-state index in [4.69, 9.17) is 11.6 Å². The summed E-state index contributed by atoms with van der Waals surface area (Å²) in [5, 5.41) is 1.91. The van der Waals surface area contributed by atoms with Crippen LogP contribution in [0.2, 0.25) is 5.02 Å². The fourth-order valence-corrected chi connectivity index (χ4v) is 6.15. The number of nitrogens with one attached hydrogen (secondary N) is 1. The van der Waals surface area contributed by atoms with E-state index in [1.165, 1.54) is 6.33 Å². The molecule has 0 radical (unpaired) electrons. The first-order chi connectivity index (χ1) is 16.8. The van der Waals surface area contributed by atoms with Crippen molar-refractivity contribution in [3.63, 3.8) is 0 Å². The number of fused-ring (bicyclic) bond motifs is 1. The van der Waals surface area contributed by atoms with Gasteiger partial charge in [0.15, 0.2) is 0 Å². The molecule has 1 N–H and O–H groups in total. The van der Waals surface area contributed by atoms with Crippen LogP contribution in [0.3, 0.4) is 0 Å². The van der Waals surface area contributed by atoms with Crippen LogP contribution in [0.5, 0.6) is 0 Å². The summed E-state index contributed by atoms with van der Waals surface area (Å²) in [6.07, 6.45) is 3.21. The summed E-state index contributed by atoms with van der Waals surface area (Å²) < 4.78 is 33.2. The van der Waals surface area contributed by atoms with Gasteiger partial charge in [0.25, 0.3) is 10.0 Å². The van der Waals surface area contributed by atoms with Crippen molar-refractivity contribution in [3.8, 4) is 0 Å². The lowest BCUT2D eigenvalue weighted by Crippen LogP contribution is -2.54. The first-order valence-corrected chi connectivity index (χ1v) is 13.6. The first kappa shape index (κ1) is 23.6. The van der Waals surface area contributed by atoms with E-state index < -0.39 is 10.0 Å². The minimum atomic E-state index is -3.73. The Balaban J connectivity index is 0.00000304. The second kappa shape index (κ2) is 9.48. The molecule has 3 heterocycles. The first-order valence-electron chi connectivity index (χ1n) is 11.0. The Morgan fingerprint density at radius 2 is 2.00 bits per heavy atom. The van der Waals surface area contributed by atoms with Crippen LogP contribution in [0.4, 0.5) is 10.8 Å². The highest BCUT2D eigenvalue weighted by atomic mass is 35.5. The molecule has 1 fully saturated rings. The van der Waals surface area contributed by atoms with E-state index >= 15 is 0 Å². The monoisotopic (exact) mass is 532 g/mol. The van der Waals surface area contributed by atoms with E-state index in [1.807, 2.05) is 46.9 Å². The molecule has 35 heavy (non-hydrogen) atoms. The fraction of sp³-hybridized carbons (Fsp3) is 0.261. The van der Waals surface area contributed by atoms with Crippen molar-refractivity contribution in [2.45, 2.75) is 24.4 Å². The molecule has 2 aromatic heterocycles. The minimum absolute atomic E-state index is 0. The quantitative estimate of drug-likeness (QED) is 0.404. The summed E-state index contributed by atoms with van der Waals surface area (Å²) in [5.74, 6) is 0.0545. The summed E-state index contributed by atoms with van der Waals surface area (Å²) in [7, 11) is -3.73. The normalized spacial score (nSPS) is 16.6. The van der Waals surface area contributed by atoms with Crippen LogP contribution in [-0.4, -0.2) is 58.8 Å². The maximum atomic E-state index is 13.1. The van der Waals surface area contributed by atoms with Crippen LogP contribution < -0.4 is 9.62 Å². The van der Waals surface area contributed by atoms with Crippen molar-refractivity contribution in [1.29, 1.82) is 0 Å². The zero-order valence-corrected chi connectivity index (χ0v) is 21.2. The zero-order valence-electron chi connectivity index (χ0n) is 18.8. The van der Waals surface area contributed by atoms with Crippen molar-refractivity contribution in [3.05, 3.63) is 66.1 Å². The van der Waals surface area contributed by atoms with Gasteiger partial charge >= 0.3 is 0 Å². The Kier molecular flexibility index (Phi) is 6.39. The molecule has 12 heteroatoms. The van der Waals surface area contributed by atoms with Crippen LogP contribution in [-0.2, 0) is 21.4 Å². The molecule has 184 valence electrons. The van der Waals surface area contributed by atoms with Crippen LogP contribution in [0, 0.1) is 0 Å². The predicted octanol–water partition coefficient (Wildman–Crippen LogP) is 3.93. The average Bonchev–Trinajstić information content (AvgIpc) is 3.48. The number of piperazine rings is 1. The molecule has 2 aromatic carbocycles. The molecule has 1 aliphatic rings. The number of hydrogen-bond acceptors (Lipinski definition) is 7. The maximum Gasteiger partial charge on any atom is 0.263 e. The van der Waals surface area contributed by atoms with Crippen molar-refractivity contribution < 1.29 is 14.6 Å². The zero-order chi connectivity index (χ0) is 24.6. The van der Waals surface area contributed by atoms with Crippen LogP contribution in [0.15, 0.2) is 66.0 Å². The smallest absolute Gasteiger partial charge is 0.263 e. The van der Waals surface area contributed by atoms with Gasteiger partial charge in [0.1, 0.15) is 12.9 Å². The molecule has 1 amide bonds. The van der Waals surface area contributed by atoms with Crippen molar-refractivity contribution in [2.24, 2.45) is 0 Å². The number of carbonyl (C=O) groups is 1. The number of amides is 1. The molecular formula is C23H25ClN6O3S2. The molecule has 0 bridgehead atoms. The number of hydrogen-bond donors (Lipinski definition) is 1. The molecular weight excluding hydrogens is 508 g/mol. The van der Waals surface area contributed by atoms with Gasteiger partial charge in [-0.1, -0.05) is 17.7 Å². The Morgan fingerprint density at radius 1 is 1.20 bits per heavy atom. The number of halogens is 1. The summed E-state index contributed by atoms with van der Waals surface area (Å²) in [4.78, 5) is 21.2. The van der Waals surface area contributed by atoms with Gasteiger partial charge in [-0.2, -0.15) is 4.37 Å². The number of rotatable bonds is 6. The van der Waals surface area contributed by atoms with Gasteiger partial charge in [0, 0.05) is 61.1 Å². The lowest BCUT2D eigenvalue weighted by atomic mass is 10.1. The topological polar surface area (TPSA) is 100 Å². The number of nitrogens with zero attached hydrogens (tertiary/aromatic N) is 5. The molecule has 0 spiro atoms. The van der Waals surface area contributed by atoms with Crippen molar-refractivity contribution >= 4 is 60.8 Å². The highest BCUT2D eigenvalue weighted by molar-refractivity contribution is 7.93. The van der Waals surface area contributed by atoms with Gasteiger partial charge in [-0.15, -0.1) is 0 Å². The van der Waals surface area contributed by atoms with E-state index in [0.717, 1.165) is 28.1 Å². The largest absolute Gasteiger partial charge is 0.368 e. The van der Waals surface area contributed by atoms with Gasteiger partial charge < -0.3 is 14.4 Å². The molecule has 0 aliphatic carbocycles. The lowest BCUT2D eigenvalue weighted by Gasteiger charge is -2.41. The molecule has 5 rings (SSSR count). The molecule has 9 nitrogen and oxygen atoms in total. The van der Waals surface area contributed by atoms with E-state index in [0.29, 0.717) is 24.7 Å². The Bertz CT molecular complexity index is 1460. The molecule has 1 saturated heterocycles. The van der Waals surface area contributed by atoms with E-state index in [2.05, 4.69) is 19.0 Å². The van der Waals surface area contributed by atoms with Gasteiger partial charge in [-0.3, -0.25) is 9.52 Å². The molecule has 0 saturated carbocycles. The standard InChI is InChI=1S/C23H23ClN6O3S2.H2/c1-16-13-28(19-4-6-20(7-5-19)35(32,33)27-23-25-15-26-34-23)10-11-30(16)22(31)14-29-9-8-17-2-3-18(24)12-21(17)29;/h2-9,12,15-16H,10-11,13-14H2,1H3,(H,25,26,27);1H/t16-;/m1./s1. The number of carbonyl (C=O) groups excluding carboxylic acids is 1. The van der Waals surface area contributed by atoms with Crippen molar-refractivity contribution in [2.75, 3.05) is 29.3 Å². The second-order valence-corrected chi connectivity index (χ2v) is 11.3. The lowest BCUT2D eigenvalue weighted by molar-refractivity contribution is -0.134. The third kappa shape index (κ3) is 4.97. The predicted molar refractivity (Wildman–Crippen MR) is 140 cm³/mol. The number of benzene rings is 2. The number of anilines is 2. The van der Waals surface area contributed by atoms with Gasteiger partial charge in [-0.05, 0) is 54.8 Å². The summed E-state index contributed by atoms with van der Waals surface area (Å²) in [5.41, 5.74) is 1.85. The van der Waals surface area contributed by atoms with E-state index in [-0.39, 0.29) is 29.9 Å². The molecule has 4 aromatic rings. The second-order valence-electron chi connectivity index (χ2n) is 8.37. The average molecular weight is 533 g/mol. The summed E-state index contributed by atoms with van der Waals surface area (Å²) in [6.45, 7) is 4.17. The summed E-state index contributed by atoms with van der Waals surface area (Å²) >= 11 is 7.12. The van der Waals surface area contributed by atoms with Crippen LogP contribution in [0.25, 0.3) is 10.9 Å². The van der Waals surface area contributed by atoms with E-state index in [9.17, 15) is 13.2 Å². The highest BCUT2D eigenvalue weighted by Crippen LogP contribution is 2.24. The Labute approximate surface area is 213 Å². The molecule has 1 aliphatic heterocycles. The Morgan fingerprint density at radius 3 is 2.71 bits per heavy atom. The van der Waals surface area contributed by atoms with Crippen LogP contribution in [0.1, 0.15) is 8.35 Å². The number of aromatic nitrogens is 3. The fourth-order valence-electron chi connectivity index (χ4n) is 4.32. The molecule has 0 unspecified atom stereocenters. The minimum Gasteiger partial charge on any atom is -0.368 e. The van der Waals surface area contributed by atoms with Gasteiger partial charge in [-0.25, -0.2) is 13.4 Å². The van der Waals surface area contributed by atoms with Crippen LogP contribution >= 0.6 is 23.1 Å².